The second-order valence-electron chi connectivity index (χ2n) is 9.65. The highest BCUT2D eigenvalue weighted by Gasteiger charge is 2.24. The van der Waals surface area contributed by atoms with Crippen LogP contribution in [-0.4, -0.2) is 35.7 Å². The standard InChI is InChI=1S/C32H31NO6/c1-5-36-31(35)26(20-22-13-12-18-25(19-22)37-21-27(34)39-32(2,3)4)30-33-28(23-14-8-6-9-15-23)29(38-30)24-16-10-7-11-17-24/h6-20H,5,21H2,1-4H3/b26-20+. The molecule has 4 aromatic rings. The lowest BCUT2D eigenvalue weighted by atomic mass is 10.1. The third-order valence-corrected chi connectivity index (χ3v) is 5.38. The molecule has 0 amide bonds. The lowest BCUT2D eigenvalue weighted by Gasteiger charge is -2.19. The molecule has 0 aliphatic carbocycles. The molecule has 0 aliphatic heterocycles. The molecule has 0 fully saturated rings. The third kappa shape index (κ3) is 7.45. The summed E-state index contributed by atoms with van der Waals surface area (Å²) >= 11 is 0. The van der Waals surface area contributed by atoms with Gasteiger partial charge in [-0.2, -0.15) is 0 Å². The van der Waals surface area contributed by atoms with Crippen LogP contribution in [-0.2, 0) is 19.1 Å². The highest BCUT2D eigenvalue weighted by atomic mass is 16.6. The van der Waals surface area contributed by atoms with Crippen molar-refractivity contribution in [2.24, 2.45) is 0 Å². The average Bonchev–Trinajstić information content (AvgIpc) is 3.36. The second-order valence-corrected chi connectivity index (χ2v) is 9.65. The number of carbonyl (C=O) groups is 2. The number of aromatic nitrogens is 1. The fourth-order valence-corrected chi connectivity index (χ4v) is 3.80. The Morgan fingerprint density at radius 1 is 0.897 bits per heavy atom. The van der Waals surface area contributed by atoms with Gasteiger partial charge in [0.1, 0.15) is 22.6 Å². The molecule has 0 bridgehead atoms. The van der Waals surface area contributed by atoms with Crippen molar-refractivity contribution in [1.82, 2.24) is 4.98 Å². The fourth-order valence-electron chi connectivity index (χ4n) is 3.80. The molecule has 3 aromatic carbocycles. The van der Waals surface area contributed by atoms with E-state index >= 15 is 0 Å². The number of hydrogen-bond acceptors (Lipinski definition) is 7. The zero-order valence-corrected chi connectivity index (χ0v) is 22.5. The number of benzene rings is 3. The maximum Gasteiger partial charge on any atom is 0.344 e. The number of ether oxygens (including phenoxy) is 3. The van der Waals surface area contributed by atoms with E-state index in [1.807, 2.05) is 60.7 Å². The van der Waals surface area contributed by atoms with Gasteiger partial charge in [0.15, 0.2) is 12.4 Å². The normalized spacial score (nSPS) is 11.6. The highest BCUT2D eigenvalue weighted by Crippen LogP contribution is 2.35. The summed E-state index contributed by atoms with van der Waals surface area (Å²) in [5.41, 5.74) is 2.48. The van der Waals surface area contributed by atoms with Crippen molar-refractivity contribution in [3.63, 3.8) is 0 Å². The quantitative estimate of drug-likeness (QED) is 0.175. The van der Waals surface area contributed by atoms with Crippen LogP contribution in [0.1, 0.15) is 39.1 Å². The first-order valence-electron chi connectivity index (χ1n) is 12.7. The van der Waals surface area contributed by atoms with Gasteiger partial charge in [-0.05, 0) is 51.5 Å². The van der Waals surface area contributed by atoms with Gasteiger partial charge in [0, 0.05) is 11.1 Å². The van der Waals surface area contributed by atoms with E-state index < -0.39 is 17.5 Å². The second kappa shape index (κ2) is 12.3. The van der Waals surface area contributed by atoms with E-state index in [1.165, 1.54) is 0 Å². The van der Waals surface area contributed by atoms with Gasteiger partial charge in [0.2, 0.25) is 5.89 Å². The van der Waals surface area contributed by atoms with Crippen molar-refractivity contribution in [2.75, 3.05) is 13.2 Å². The molecule has 0 aliphatic rings. The number of carbonyl (C=O) groups excluding carboxylic acids is 2. The summed E-state index contributed by atoms with van der Waals surface area (Å²) < 4.78 is 22.5. The van der Waals surface area contributed by atoms with Crippen LogP contribution < -0.4 is 4.74 Å². The Bertz CT molecular complexity index is 1390. The molecule has 0 saturated heterocycles. The number of hydrogen-bond donors (Lipinski definition) is 0. The number of esters is 2. The first-order chi connectivity index (χ1) is 18.7. The number of oxazole rings is 1. The van der Waals surface area contributed by atoms with Crippen molar-refractivity contribution >= 4 is 23.6 Å². The summed E-state index contributed by atoms with van der Waals surface area (Å²) in [6, 6.07) is 26.2. The van der Waals surface area contributed by atoms with Gasteiger partial charge >= 0.3 is 11.9 Å². The van der Waals surface area contributed by atoms with Crippen LogP contribution in [0.15, 0.2) is 89.3 Å². The van der Waals surface area contributed by atoms with Crippen molar-refractivity contribution < 1.29 is 28.2 Å². The van der Waals surface area contributed by atoms with Gasteiger partial charge in [-0.3, -0.25) is 0 Å². The van der Waals surface area contributed by atoms with Crippen molar-refractivity contribution in [3.8, 4) is 28.3 Å². The van der Waals surface area contributed by atoms with E-state index in [4.69, 9.17) is 23.6 Å². The molecule has 200 valence electrons. The van der Waals surface area contributed by atoms with E-state index in [2.05, 4.69) is 0 Å². The Hall–Kier alpha value is -4.65. The first-order valence-corrected chi connectivity index (χ1v) is 12.7. The van der Waals surface area contributed by atoms with Crippen LogP contribution in [0.4, 0.5) is 0 Å². The number of nitrogens with zero attached hydrogens (tertiary/aromatic N) is 1. The molecule has 0 radical (unpaired) electrons. The van der Waals surface area contributed by atoms with Gasteiger partial charge in [-0.25, -0.2) is 14.6 Å². The monoisotopic (exact) mass is 525 g/mol. The maximum atomic E-state index is 13.1. The molecule has 1 heterocycles. The van der Waals surface area contributed by atoms with Crippen molar-refractivity contribution in [3.05, 3.63) is 96.4 Å². The van der Waals surface area contributed by atoms with Crippen LogP contribution in [0.25, 0.3) is 34.2 Å². The van der Waals surface area contributed by atoms with E-state index in [0.717, 1.165) is 11.1 Å². The summed E-state index contributed by atoms with van der Waals surface area (Å²) in [6.45, 7) is 7.07. The van der Waals surface area contributed by atoms with E-state index in [-0.39, 0.29) is 24.7 Å². The molecule has 7 nitrogen and oxygen atoms in total. The minimum Gasteiger partial charge on any atom is -0.482 e. The SMILES string of the molecule is CCOC(=O)/C(=C/c1cccc(OCC(=O)OC(C)(C)C)c1)c1nc(-c2ccccc2)c(-c2ccccc2)o1. The molecule has 0 unspecified atom stereocenters. The third-order valence-electron chi connectivity index (χ3n) is 5.38. The minimum atomic E-state index is -0.604. The lowest BCUT2D eigenvalue weighted by Crippen LogP contribution is -2.27. The summed E-state index contributed by atoms with van der Waals surface area (Å²) in [4.78, 5) is 29.9. The van der Waals surface area contributed by atoms with Crippen LogP contribution in [0.3, 0.4) is 0 Å². The zero-order chi connectivity index (χ0) is 27.8. The predicted octanol–water partition coefficient (Wildman–Crippen LogP) is 6.83. The summed E-state index contributed by atoms with van der Waals surface area (Å²) in [5.74, 6) is 0.0724. The van der Waals surface area contributed by atoms with Crippen LogP contribution in [0.2, 0.25) is 0 Å². The average molecular weight is 526 g/mol. The Morgan fingerprint density at radius 3 is 2.21 bits per heavy atom. The minimum absolute atomic E-state index is 0.131. The highest BCUT2D eigenvalue weighted by molar-refractivity contribution is 6.20. The summed E-state index contributed by atoms with van der Waals surface area (Å²) in [5, 5.41) is 0. The largest absolute Gasteiger partial charge is 0.482 e. The van der Waals surface area contributed by atoms with Gasteiger partial charge in [-0.1, -0.05) is 72.8 Å². The maximum absolute atomic E-state index is 13.1. The molecule has 0 atom stereocenters. The topological polar surface area (TPSA) is 87.9 Å². The van der Waals surface area contributed by atoms with E-state index in [0.29, 0.717) is 22.8 Å². The van der Waals surface area contributed by atoms with Gasteiger partial charge in [0.25, 0.3) is 0 Å². The van der Waals surface area contributed by atoms with Crippen LogP contribution >= 0.6 is 0 Å². The Morgan fingerprint density at radius 2 is 1.56 bits per heavy atom. The van der Waals surface area contributed by atoms with Crippen molar-refractivity contribution in [1.29, 1.82) is 0 Å². The Kier molecular flexibility index (Phi) is 8.61. The molecular weight excluding hydrogens is 494 g/mol. The molecule has 0 N–H and O–H groups in total. The lowest BCUT2D eigenvalue weighted by molar-refractivity contribution is -0.157. The van der Waals surface area contributed by atoms with Crippen LogP contribution in [0.5, 0.6) is 5.75 Å². The molecule has 4 rings (SSSR count). The summed E-state index contributed by atoms with van der Waals surface area (Å²) in [7, 11) is 0. The zero-order valence-electron chi connectivity index (χ0n) is 22.5. The number of rotatable bonds is 9. The molecule has 0 spiro atoms. The van der Waals surface area contributed by atoms with E-state index in [9.17, 15) is 9.59 Å². The van der Waals surface area contributed by atoms with E-state index in [1.54, 1.807) is 58.0 Å². The Labute approximate surface area is 228 Å². The van der Waals surface area contributed by atoms with Gasteiger partial charge in [-0.15, -0.1) is 0 Å². The van der Waals surface area contributed by atoms with Crippen molar-refractivity contribution in [2.45, 2.75) is 33.3 Å². The van der Waals surface area contributed by atoms with Gasteiger partial charge < -0.3 is 18.6 Å². The fraction of sp³-hybridized carbons (Fsp3) is 0.219. The van der Waals surface area contributed by atoms with Crippen LogP contribution in [0, 0.1) is 0 Å². The smallest absolute Gasteiger partial charge is 0.344 e. The first kappa shape index (κ1) is 27.4. The molecule has 1 aromatic heterocycles. The van der Waals surface area contributed by atoms with Gasteiger partial charge in [0.05, 0.1) is 6.61 Å². The molecule has 39 heavy (non-hydrogen) atoms. The molecule has 7 heteroatoms. The molecular formula is C32H31NO6. The predicted molar refractivity (Wildman–Crippen MR) is 150 cm³/mol. The summed E-state index contributed by atoms with van der Waals surface area (Å²) in [6.07, 6.45) is 1.63. The molecule has 0 saturated carbocycles. The Balaban J connectivity index is 1.71.